The molecule has 7 heteroatoms. The zero-order valence-corrected chi connectivity index (χ0v) is 17.7. The molecule has 0 heterocycles. The number of hydrogen-bond acceptors (Lipinski definition) is 4. The first-order chi connectivity index (χ1) is 14.4. The van der Waals surface area contributed by atoms with Crippen molar-refractivity contribution in [2.45, 2.75) is 42.7 Å². The molecule has 0 saturated heterocycles. The Morgan fingerprint density at radius 3 is 2.27 bits per heavy atom. The zero-order valence-electron chi connectivity index (χ0n) is 16.9. The molecule has 2 aliphatic carbocycles. The number of rotatable bonds is 9. The zero-order chi connectivity index (χ0) is 21.1. The van der Waals surface area contributed by atoms with Gasteiger partial charge in [-0.05, 0) is 73.1 Å². The van der Waals surface area contributed by atoms with E-state index in [2.05, 4.69) is 10.0 Å². The van der Waals surface area contributed by atoms with Crippen molar-refractivity contribution in [3.8, 4) is 5.75 Å². The smallest absolute Gasteiger partial charge is 0.244 e. The average Bonchev–Trinajstić information content (AvgIpc) is 3.66. The monoisotopic (exact) mass is 426 g/mol. The van der Waals surface area contributed by atoms with Crippen LogP contribution in [0.4, 0.5) is 0 Å². The first kappa shape index (κ1) is 20.6. The van der Waals surface area contributed by atoms with E-state index >= 15 is 0 Å². The standard InChI is InChI=1S/C23H26N2O4S/c1-29-20-11-7-18(8-12-20)23(17-5-6-17)24-22(26)15-4-16-2-13-21(14-3-16)30(27,28)25-19-9-10-19/h2-4,7-8,11-15,17,19,23,25H,5-6,9-10H2,1H3,(H,24,26)/b15-4+. The predicted octanol–water partition coefficient (Wildman–Crippen LogP) is 3.42. The molecule has 1 amide bonds. The molecule has 6 nitrogen and oxygen atoms in total. The average molecular weight is 427 g/mol. The van der Waals surface area contributed by atoms with E-state index in [0.29, 0.717) is 5.92 Å². The van der Waals surface area contributed by atoms with Crippen LogP contribution in [0.2, 0.25) is 0 Å². The van der Waals surface area contributed by atoms with E-state index in [4.69, 9.17) is 4.74 Å². The van der Waals surface area contributed by atoms with Crippen LogP contribution in [-0.4, -0.2) is 27.5 Å². The van der Waals surface area contributed by atoms with Crippen LogP contribution in [0.1, 0.15) is 42.9 Å². The van der Waals surface area contributed by atoms with Crippen LogP contribution in [0.3, 0.4) is 0 Å². The molecule has 2 N–H and O–H groups in total. The molecule has 2 saturated carbocycles. The van der Waals surface area contributed by atoms with Gasteiger partial charge in [-0.25, -0.2) is 13.1 Å². The number of carbonyl (C=O) groups excluding carboxylic acids is 1. The van der Waals surface area contributed by atoms with Gasteiger partial charge in [0.05, 0.1) is 18.0 Å². The third kappa shape index (κ3) is 5.29. The van der Waals surface area contributed by atoms with E-state index in [9.17, 15) is 13.2 Å². The lowest BCUT2D eigenvalue weighted by Crippen LogP contribution is -2.28. The number of sulfonamides is 1. The van der Waals surface area contributed by atoms with Gasteiger partial charge in [-0.3, -0.25) is 4.79 Å². The van der Waals surface area contributed by atoms with Crippen molar-refractivity contribution >= 4 is 22.0 Å². The molecule has 2 aromatic rings. The summed E-state index contributed by atoms with van der Waals surface area (Å²) < 4.78 is 32.3. The summed E-state index contributed by atoms with van der Waals surface area (Å²) >= 11 is 0. The fourth-order valence-electron chi connectivity index (χ4n) is 3.33. The Bertz CT molecular complexity index is 1020. The third-order valence-corrected chi connectivity index (χ3v) is 6.92. The van der Waals surface area contributed by atoms with Gasteiger partial charge < -0.3 is 10.1 Å². The van der Waals surface area contributed by atoms with Crippen molar-refractivity contribution in [3.05, 3.63) is 65.7 Å². The van der Waals surface area contributed by atoms with Crippen LogP contribution < -0.4 is 14.8 Å². The molecule has 30 heavy (non-hydrogen) atoms. The number of amides is 1. The number of nitrogens with one attached hydrogen (secondary N) is 2. The lowest BCUT2D eigenvalue weighted by atomic mass is 10.0. The van der Waals surface area contributed by atoms with Gasteiger partial charge in [-0.1, -0.05) is 24.3 Å². The largest absolute Gasteiger partial charge is 0.497 e. The highest BCUT2D eigenvalue weighted by atomic mass is 32.2. The highest BCUT2D eigenvalue weighted by Gasteiger charge is 2.33. The van der Waals surface area contributed by atoms with Gasteiger partial charge in [0, 0.05) is 12.1 Å². The molecule has 2 aromatic carbocycles. The molecule has 1 unspecified atom stereocenters. The summed E-state index contributed by atoms with van der Waals surface area (Å²) in [5, 5.41) is 3.09. The maximum Gasteiger partial charge on any atom is 0.244 e. The first-order valence-corrected chi connectivity index (χ1v) is 11.7. The van der Waals surface area contributed by atoms with Crippen molar-refractivity contribution in [2.24, 2.45) is 5.92 Å². The van der Waals surface area contributed by atoms with Gasteiger partial charge in [0.25, 0.3) is 0 Å². The van der Waals surface area contributed by atoms with Crippen LogP contribution in [0, 0.1) is 5.92 Å². The van der Waals surface area contributed by atoms with Gasteiger partial charge >= 0.3 is 0 Å². The van der Waals surface area contributed by atoms with E-state index in [0.717, 1.165) is 42.6 Å². The Kier molecular flexibility index (Phi) is 5.92. The highest BCUT2D eigenvalue weighted by Crippen LogP contribution is 2.41. The predicted molar refractivity (Wildman–Crippen MR) is 115 cm³/mol. The molecule has 158 valence electrons. The Morgan fingerprint density at radius 2 is 1.70 bits per heavy atom. The summed E-state index contributed by atoms with van der Waals surface area (Å²) in [6.07, 6.45) is 7.18. The van der Waals surface area contributed by atoms with Gasteiger partial charge in [0.2, 0.25) is 15.9 Å². The number of hydrogen-bond donors (Lipinski definition) is 2. The molecule has 4 rings (SSSR count). The van der Waals surface area contributed by atoms with Crippen LogP contribution >= 0.6 is 0 Å². The van der Waals surface area contributed by atoms with Gasteiger partial charge in [-0.15, -0.1) is 0 Å². The molecule has 0 aromatic heterocycles. The molecule has 0 radical (unpaired) electrons. The SMILES string of the molecule is COc1ccc(C(NC(=O)/C=C/c2ccc(S(=O)(=O)NC3CC3)cc2)C2CC2)cc1. The second-order valence-electron chi connectivity index (χ2n) is 7.89. The Hall–Kier alpha value is -2.64. The first-order valence-electron chi connectivity index (χ1n) is 10.2. The molecule has 0 aliphatic heterocycles. The second-order valence-corrected chi connectivity index (χ2v) is 9.61. The molecule has 2 fully saturated rings. The van der Waals surface area contributed by atoms with E-state index in [1.54, 1.807) is 37.5 Å². The van der Waals surface area contributed by atoms with E-state index in [1.807, 2.05) is 24.3 Å². The lowest BCUT2D eigenvalue weighted by Gasteiger charge is -2.18. The quantitative estimate of drug-likeness (QED) is 0.602. The summed E-state index contributed by atoms with van der Waals surface area (Å²) in [5.74, 6) is 1.08. The number of carbonyl (C=O) groups is 1. The minimum absolute atomic E-state index is 0.0194. The fraction of sp³-hybridized carbons (Fsp3) is 0.348. The van der Waals surface area contributed by atoms with E-state index in [-0.39, 0.29) is 22.9 Å². The fourth-order valence-corrected chi connectivity index (χ4v) is 4.64. The van der Waals surface area contributed by atoms with Crippen molar-refractivity contribution in [3.63, 3.8) is 0 Å². The third-order valence-electron chi connectivity index (χ3n) is 5.38. The van der Waals surface area contributed by atoms with Crippen molar-refractivity contribution in [2.75, 3.05) is 7.11 Å². The molecular formula is C23H26N2O4S. The summed E-state index contributed by atoms with van der Waals surface area (Å²) in [4.78, 5) is 12.7. The maximum absolute atomic E-state index is 12.5. The van der Waals surface area contributed by atoms with Gasteiger partial charge in [0.15, 0.2) is 0 Å². The van der Waals surface area contributed by atoms with Crippen LogP contribution in [0.15, 0.2) is 59.5 Å². The number of ether oxygens (including phenoxy) is 1. The van der Waals surface area contributed by atoms with Gasteiger partial charge in [-0.2, -0.15) is 0 Å². The molecule has 0 spiro atoms. The Balaban J connectivity index is 1.38. The van der Waals surface area contributed by atoms with Crippen LogP contribution in [0.25, 0.3) is 6.08 Å². The van der Waals surface area contributed by atoms with Crippen molar-refractivity contribution in [1.82, 2.24) is 10.0 Å². The lowest BCUT2D eigenvalue weighted by molar-refractivity contribution is -0.117. The summed E-state index contributed by atoms with van der Waals surface area (Å²) in [6, 6.07) is 14.4. The van der Waals surface area contributed by atoms with Crippen LogP contribution in [-0.2, 0) is 14.8 Å². The normalized spacial score (nSPS) is 17.6. The van der Waals surface area contributed by atoms with Crippen LogP contribution in [0.5, 0.6) is 5.75 Å². The summed E-state index contributed by atoms with van der Waals surface area (Å²) in [6.45, 7) is 0. The van der Waals surface area contributed by atoms with E-state index in [1.165, 1.54) is 6.08 Å². The molecule has 0 bridgehead atoms. The molecule has 1 atom stereocenters. The summed E-state index contributed by atoms with van der Waals surface area (Å²) in [5.41, 5.74) is 1.83. The summed E-state index contributed by atoms with van der Waals surface area (Å²) in [7, 11) is -1.83. The number of methoxy groups -OCH3 is 1. The molecular weight excluding hydrogens is 400 g/mol. The minimum atomic E-state index is -3.46. The number of benzene rings is 2. The Morgan fingerprint density at radius 1 is 1.03 bits per heavy atom. The second kappa shape index (κ2) is 8.62. The van der Waals surface area contributed by atoms with Crippen molar-refractivity contribution in [1.29, 1.82) is 0 Å². The molecule has 2 aliphatic rings. The van der Waals surface area contributed by atoms with Crippen molar-refractivity contribution < 1.29 is 17.9 Å². The van der Waals surface area contributed by atoms with Gasteiger partial charge in [0.1, 0.15) is 5.75 Å². The maximum atomic E-state index is 12.5. The highest BCUT2D eigenvalue weighted by molar-refractivity contribution is 7.89. The topological polar surface area (TPSA) is 84.5 Å². The van der Waals surface area contributed by atoms with E-state index < -0.39 is 10.0 Å². The minimum Gasteiger partial charge on any atom is -0.497 e. The Labute approximate surface area is 177 Å².